The minimum Gasteiger partial charge on any atom is -0.375 e. The summed E-state index contributed by atoms with van der Waals surface area (Å²) in [5.41, 5.74) is 10.7. The topological polar surface area (TPSA) is 50.4 Å². The monoisotopic (exact) mass is 489 g/mol. The summed E-state index contributed by atoms with van der Waals surface area (Å²) in [6, 6.07) is 13.8. The Labute approximate surface area is 153 Å². The summed E-state index contributed by atoms with van der Waals surface area (Å²) < 4.78 is 2.87. The molecule has 0 aliphatic heterocycles. The summed E-state index contributed by atoms with van der Waals surface area (Å²) >= 11 is 15.3. The molecule has 0 fully saturated rings. The summed E-state index contributed by atoms with van der Waals surface area (Å²) in [5.74, 6) is 0. The maximum absolute atomic E-state index is 5.47. The molecule has 3 nitrogen and oxygen atoms in total. The fourth-order valence-corrected chi connectivity index (χ4v) is 3.47. The standard InChI is InChI=1S/C14H10Br3N3S/c15-10-3-1-2-8(4-10)13(19-20-14(18)21)9-5-11(16)7-12(17)6-9/h1-7H,(H3,18,20,21)/b19-13+. The minimum absolute atomic E-state index is 0.122. The highest BCUT2D eigenvalue weighted by atomic mass is 79.9. The Morgan fingerprint density at radius 1 is 0.952 bits per heavy atom. The summed E-state index contributed by atoms with van der Waals surface area (Å²) in [6.45, 7) is 0. The van der Waals surface area contributed by atoms with Crippen molar-refractivity contribution in [3.63, 3.8) is 0 Å². The van der Waals surface area contributed by atoms with Crippen LogP contribution < -0.4 is 11.2 Å². The summed E-state index contributed by atoms with van der Waals surface area (Å²) in [5, 5.41) is 4.45. The number of nitrogens with two attached hydrogens (primary N) is 1. The Kier molecular flexibility index (Phi) is 5.92. The van der Waals surface area contributed by atoms with E-state index in [2.05, 4.69) is 58.3 Å². The lowest BCUT2D eigenvalue weighted by atomic mass is 10.0. The van der Waals surface area contributed by atoms with E-state index in [-0.39, 0.29) is 5.11 Å². The van der Waals surface area contributed by atoms with Gasteiger partial charge in [0.15, 0.2) is 5.11 Å². The van der Waals surface area contributed by atoms with Crippen LogP contribution in [0.25, 0.3) is 0 Å². The molecule has 0 aliphatic rings. The molecule has 2 aromatic rings. The molecule has 7 heteroatoms. The zero-order valence-electron chi connectivity index (χ0n) is 10.6. The first-order valence-corrected chi connectivity index (χ1v) is 8.60. The number of hydrazone groups is 1. The first-order chi connectivity index (χ1) is 9.95. The van der Waals surface area contributed by atoms with E-state index < -0.39 is 0 Å². The SMILES string of the molecule is NC(=S)N/N=C(\c1cccc(Br)c1)c1cc(Br)cc(Br)c1. The van der Waals surface area contributed by atoms with E-state index in [1.807, 2.05) is 42.5 Å². The van der Waals surface area contributed by atoms with Gasteiger partial charge in [-0.05, 0) is 42.5 Å². The number of benzene rings is 2. The van der Waals surface area contributed by atoms with Gasteiger partial charge in [-0.3, -0.25) is 5.43 Å². The molecule has 2 aromatic carbocycles. The van der Waals surface area contributed by atoms with Gasteiger partial charge in [-0.25, -0.2) is 0 Å². The summed E-state index contributed by atoms with van der Waals surface area (Å²) in [7, 11) is 0. The third-order valence-corrected chi connectivity index (χ3v) is 4.01. The predicted octanol–water partition coefficient (Wildman–Crippen LogP) is 4.56. The Hall–Kier alpha value is -0.760. The van der Waals surface area contributed by atoms with Gasteiger partial charge >= 0.3 is 0 Å². The molecule has 0 bridgehead atoms. The normalized spacial score (nSPS) is 11.3. The molecule has 0 unspecified atom stereocenters. The number of halogens is 3. The van der Waals surface area contributed by atoms with Crippen molar-refractivity contribution in [1.82, 2.24) is 5.43 Å². The zero-order chi connectivity index (χ0) is 15.4. The Balaban J connectivity index is 2.55. The van der Waals surface area contributed by atoms with Crippen LogP contribution in [0.1, 0.15) is 11.1 Å². The van der Waals surface area contributed by atoms with Crippen LogP contribution in [0.2, 0.25) is 0 Å². The molecule has 0 radical (unpaired) electrons. The molecule has 3 N–H and O–H groups in total. The second-order valence-electron chi connectivity index (χ2n) is 4.10. The van der Waals surface area contributed by atoms with Crippen molar-refractivity contribution in [2.24, 2.45) is 10.8 Å². The molecule has 0 atom stereocenters. The van der Waals surface area contributed by atoms with Crippen LogP contribution in [-0.2, 0) is 0 Å². The molecular formula is C14H10Br3N3S. The lowest BCUT2D eigenvalue weighted by Gasteiger charge is -2.09. The highest BCUT2D eigenvalue weighted by Crippen LogP contribution is 2.23. The largest absolute Gasteiger partial charge is 0.375 e. The zero-order valence-corrected chi connectivity index (χ0v) is 16.2. The second kappa shape index (κ2) is 7.49. The molecule has 0 aromatic heterocycles. The lowest BCUT2D eigenvalue weighted by molar-refractivity contribution is 1.03. The molecule has 0 heterocycles. The Bertz CT molecular complexity index is 696. The van der Waals surface area contributed by atoms with Gasteiger partial charge < -0.3 is 5.73 Å². The third kappa shape index (κ3) is 4.88. The third-order valence-electron chi connectivity index (χ3n) is 2.51. The summed E-state index contributed by atoms with van der Waals surface area (Å²) in [4.78, 5) is 0. The second-order valence-corrected chi connectivity index (χ2v) is 7.29. The predicted molar refractivity (Wildman–Crippen MR) is 102 cm³/mol. The van der Waals surface area contributed by atoms with Gasteiger partial charge in [0.25, 0.3) is 0 Å². The smallest absolute Gasteiger partial charge is 0.184 e. The van der Waals surface area contributed by atoms with E-state index in [0.29, 0.717) is 0 Å². The quantitative estimate of drug-likeness (QED) is 0.376. The van der Waals surface area contributed by atoms with Crippen molar-refractivity contribution < 1.29 is 0 Å². The van der Waals surface area contributed by atoms with Crippen LogP contribution in [-0.4, -0.2) is 10.8 Å². The Morgan fingerprint density at radius 2 is 1.57 bits per heavy atom. The van der Waals surface area contributed by atoms with Crippen molar-refractivity contribution in [3.8, 4) is 0 Å². The van der Waals surface area contributed by atoms with Crippen molar-refractivity contribution >= 4 is 70.8 Å². The van der Waals surface area contributed by atoms with E-state index in [0.717, 1.165) is 30.3 Å². The molecule has 0 amide bonds. The minimum atomic E-state index is 0.122. The van der Waals surface area contributed by atoms with E-state index in [1.165, 1.54) is 0 Å². The molecule has 0 aliphatic carbocycles. The van der Waals surface area contributed by atoms with Gasteiger partial charge in [-0.1, -0.05) is 59.9 Å². The Morgan fingerprint density at radius 3 is 2.14 bits per heavy atom. The lowest BCUT2D eigenvalue weighted by Crippen LogP contribution is -2.26. The van der Waals surface area contributed by atoms with Crippen molar-refractivity contribution in [1.29, 1.82) is 0 Å². The van der Waals surface area contributed by atoms with Gasteiger partial charge in [0.1, 0.15) is 0 Å². The number of hydrogen-bond donors (Lipinski definition) is 2. The number of thiocarbonyl (C=S) groups is 1. The molecule has 0 saturated heterocycles. The average molecular weight is 492 g/mol. The van der Waals surface area contributed by atoms with Gasteiger partial charge in [0.05, 0.1) is 5.71 Å². The van der Waals surface area contributed by atoms with Gasteiger partial charge in [0, 0.05) is 24.5 Å². The fraction of sp³-hybridized carbons (Fsp3) is 0. The number of hydrogen-bond acceptors (Lipinski definition) is 2. The molecule has 0 spiro atoms. The van der Waals surface area contributed by atoms with Gasteiger partial charge in [0.2, 0.25) is 0 Å². The van der Waals surface area contributed by atoms with Gasteiger partial charge in [-0.2, -0.15) is 5.10 Å². The average Bonchev–Trinajstić information content (AvgIpc) is 2.37. The number of rotatable bonds is 3. The van der Waals surface area contributed by atoms with E-state index >= 15 is 0 Å². The summed E-state index contributed by atoms with van der Waals surface area (Å²) in [6.07, 6.45) is 0. The van der Waals surface area contributed by atoms with Crippen molar-refractivity contribution in [3.05, 3.63) is 67.0 Å². The van der Waals surface area contributed by atoms with Crippen LogP contribution in [0.5, 0.6) is 0 Å². The first-order valence-electron chi connectivity index (χ1n) is 5.81. The highest BCUT2D eigenvalue weighted by Gasteiger charge is 2.10. The van der Waals surface area contributed by atoms with Crippen LogP contribution in [0.15, 0.2) is 61.0 Å². The first kappa shape index (κ1) is 16.6. The molecule has 21 heavy (non-hydrogen) atoms. The van der Waals surface area contributed by atoms with Crippen molar-refractivity contribution in [2.45, 2.75) is 0 Å². The number of nitrogens with one attached hydrogen (secondary N) is 1. The highest BCUT2D eigenvalue weighted by molar-refractivity contribution is 9.11. The van der Waals surface area contributed by atoms with E-state index in [4.69, 9.17) is 18.0 Å². The molecule has 108 valence electrons. The van der Waals surface area contributed by atoms with Gasteiger partial charge in [-0.15, -0.1) is 0 Å². The van der Waals surface area contributed by atoms with Crippen LogP contribution >= 0.6 is 60.0 Å². The molecular weight excluding hydrogens is 482 g/mol. The molecule has 0 saturated carbocycles. The fourth-order valence-electron chi connectivity index (χ4n) is 1.73. The van der Waals surface area contributed by atoms with E-state index in [1.54, 1.807) is 0 Å². The number of nitrogens with zero attached hydrogens (tertiary/aromatic N) is 1. The van der Waals surface area contributed by atoms with E-state index in [9.17, 15) is 0 Å². The maximum Gasteiger partial charge on any atom is 0.184 e. The van der Waals surface area contributed by atoms with Crippen molar-refractivity contribution in [2.75, 3.05) is 0 Å². The molecule has 2 rings (SSSR count). The van der Waals surface area contributed by atoms with Crippen LogP contribution in [0.4, 0.5) is 0 Å². The maximum atomic E-state index is 5.47. The van der Waals surface area contributed by atoms with Crippen LogP contribution in [0, 0.1) is 0 Å². The van der Waals surface area contributed by atoms with Crippen LogP contribution in [0.3, 0.4) is 0 Å².